The van der Waals surface area contributed by atoms with Gasteiger partial charge in [-0.15, -0.1) is 0 Å². The fourth-order valence-corrected chi connectivity index (χ4v) is 3.83. The highest BCUT2D eigenvalue weighted by atomic mass is 19.4. The molecule has 0 aliphatic carbocycles. The number of nitrogens with one attached hydrogen (secondary N) is 1. The van der Waals surface area contributed by atoms with Crippen LogP contribution in [-0.4, -0.2) is 27.9 Å². The Hall–Kier alpha value is -3.88. The van der Waals surface area contributed by atoms with E-state index in [-0.39, 0.29) is 5.82 Å². The fourth-order valence-electron chi connectivity index (χ4n) is 3.83. The smallest absolute Gasteiger partial charge is 0.471 e. The van der Waals surface area contributed by atoms with Gasteiger partial charge in [-0.25, -0.2) is 9.07 Å². The molecule has 0 aliphatic heterocycles. The van der Waals surface area contributed by atoms with Crippen molar-refractivity contribution in [2.24, 2.45) is 0 Å². The summed E-state index contributed by atoms with van der Waals surface area (Å²) in [5, 5.41) is 7.08. The van der Waals surface area contributed by atoms with Crippen LogP contribution in [0.15, 0.2) is 72.9 Å². The van der Waals surface area contributed by atoms with Gasteiger partial charge in [-0.3, -0.25) is 4.79 Å². The number of rotatable bonds is 7. The van der Waals surface area contributed by atoms with Crippen molar-refractivity contribution in [3.8, 4) is 11.4 Å². The van der Waals surface area contributed by atoms with E-state index >= 15 is 0 Å². The Balaban J connectivity index is 1.65. The third-order valence-electron chi connectivity index (χ3n) is 5.63. The van der Waals surface area contributed by atoms with Gasteiger partial charge >= 0.3 is 12.1 Å². The van der Waals surface area contributed by atoms with Gasteiger partial charge in [-0.2, -0.15) is 18.3 Å². The predicted molar refractivity (Wildman–Crippen MR) is 124 cm³/mol. The molecule has 1 heterocycles. The second-order valence-corrected chi connectivity index (χ2v) is 8.15. The summed E-state index contributed by atoms with van der Waals surface area (Å²) in [5.41, 5.74) is 3.04. The molecule has 0 bridgehead atoms. The molecule has 1 amide bonds. The molecule has 4 rings (SSSR count). The van der Waals surface area contributed by atoms with Gasteiger partial charge in [0, 0.05) is 5.39 Å². The van der Waals surface area contributed by atoms with E-state index in [2.05, 4.69) is 5.10 Å². The zero-order valence-corrected chi connectivity index (χ0v) is 19.0. The Morgan fingerprint density at radius 3 is 2.51 bits per heavy atom. The second kappa shape index (κ2) is 9.77. The summed E-state index contributed by atoms with van der Waals surface area (Å²) in [6, 6.07) is 17.4. The number of aromatic nitrogens is 2. The van der Waals surface area contributed by atoms with Crippen LogP contribution in [0.5, 0.6) is 5.75 Å². The molecule has 1 aromatic heterocycles. The van der Waals surface area contributed by atoms with Crippen molar-refractivity contribution in [2.45, 2.75) is 38.6 Å². The van der Waals surface area contributed by atoms with E-state index in [1.165, 1.54) is 19.1 Å². The molecule has 0 radical (unpaired) electrons. The highest BCUT2D eigenvalue weighted by Crippen LogP contribution is 2.30. The van der Waals surface area contributed by atoms with Crippen LogP contribution in [0.4, 0.5) is 17.6 Å². The monoisotopic (exact) mass is 485 g/mol. The van der Waals surface area contributed by atoms with Gasteiger partial charge in [-0.1, -0.05) is 31.2 Å². The zero-order valence-electron chi connectivity index (χ0n) is 19.0. The molecule has 4 aromatic rings. The predicted octanol–water partition coefficient (Wildman–Crippen LogP) is 5.91. The minimum Gasteiger partial charge on any atom is -0.484 e. The van der Waals surface area contributed by atoms with Crippen molar-refractivity contribution in [2.75, 3.05) is 0 Å². The van der Waals surface area contributed by atoms with Gasteiger partial charge in [0.25, 0.3) is 0 Å². The molecule has 35 heavy (non-hydrogen) atoms. The number of carbonyl (C=O) groups is 1. The number of benzene rings is 3. The van der Waals surface area contributed by atoms with Gasteiger partial charge in [0.1, 0.15) is 17.7 Å². The van der Waals surface area contributed by atoms with Crippen LogP contribution in [0.1, 0.15) is 31.1 Å². The van der Waals surface area contributed by atoms with E-state index in [4.69, 9.17) is 4.74 Å². The van der Waals surface area contributed by atoms with Gasteiger partial charge in [0.15, 0.2) is 0 Å². The van der Waals surface area contributed by atoms with E-state index in [0.717, 1.165) is 22.9 Å². The van der Waals surface area contributed by atoms with Crippen molar-refractivity contribution in [1.29, 1.82) is 0 Å². The summed E-state index contributed by atoms with van der Waals surface area (Å²) >= 11 is 0. The van der Waals surface area contributed by atoms with Crippen molar-refractivity contribution >= 4 is 16.8 Å². The lowest BCUT2D eigenvalue weighted by molar-refractivity contribution is -0.174. The molecule has 0 saturated heterocycles. The summed E-state index contributed by atoms with van der Waals surface area (Å²) in [6.07, 6.45) is -3.53. The second-order valence-electron chi connectivity index (χ2n) is 8.15. The summed E-state index contributed by atoms with van der Waals surface area (Å²) in [6.45, 7) is 3.44. The largest absolute Gasteiger partial charge is 0.484 e. The molecule has 2 atom stereocenters. The lowest BCUT2D eigenvalue weighted by atomic mass is 10.00. The Kier molecular flexibility index (Phi) is 6.77. The number of halogens is 4. The first-order valence-corrected chi connectivity index (χ1v) is 11.0. The number of nitrogens with zero attached hydrogens (tertiary/aromatic N) is 2. The Labute approximate surface area is 199 Å². The van der Waals surface area contributed by atoms with Crippen LogP contribution in [0.25, 0.3) is 16.6 Å². The zero-order chi connectivity index (χ0) is 25.2. The van der Waals surface area contributed by atoms with Crippen LogP contribution in [-0.2, 0) is 11.2 Å². The van der Waals surface area contributed by atoms with Crippen molar-refractivity contribution in [3.63, 3.8) is 0 Å². The minimum atomic E-state index is -5.00. The summed E-state index contributed by atoms with van der Waals surface area (Å²) in [7, 11) is 0. The molecule has 182 valence electrons. The molecule has 0 aliphatic rings. The van der Waals surface area contributed by atoms with Crippen molar-refractivity contribution in [1.82, 2.24) is 15.1 Å². The fraction of sp³-hybridized carbons (Fsp3) is 0.231. The van der Waals surface area contributed by atoms with Gasteiger partial charge in [0.2, 0.25) is 0 Å². The van der Waals surface area contributed by atoms with Gasteiger partial charge in [0.05, 0.1) is 23.4 Å². The number of carbonyl (C=O) groups excluding carboxylic acids is 1. The molecule has 5 nitrogen and oxygen atoms in total. The molecule has 0 unspecified atom stereocenters. The average Bonchev–Trinajstić information content (AvgIpc) is 3.25. The van der Waals surface area contributed by atoms with E-state index in [1.807, 2.05) is 24.4 Å². The Morgan fingerprint density at radius 1 is 1.09 bits per heavy atom. The number of hydrogen-bond acceptors (Lipinski definition) is 3. The van der Waals surface area contributed by atoms with Crippen molar-refractivity contribution < 1.29 is 27.1 Å². The van der Waals surface area contributed by atoms with Gasteiger partial charge < -0.3 is 10.1 Å². The molecule has 3 aromatic carbocycles. The van der Waals surface area contributed by atoms with Crippen LogP contribution in [0, 0.1) is 5.82 Å². The third kappa shape index (κ3) is 5.45. The molecule has 0 fully saturated rings. The maximum absolute atomic E-state index is 13.3. The molecular formula is C26H23F4N3O2. The normalized spacial score (nSPS) is 13.4. The lowest BCUT2D eigenvalue weighted by Crippen LogP contribution is -2.45. The molecule has 1 N–H and O–H groups in total. The summed E-state index contributed by atoms with van der Waals surface area (Å²) < 4.78 is 59.7. The van der Waals surface area contributed by atoms with E-state index in [0.29, 0.717) is 17.0 Å². The lowest BCUT2D eigenvalue weighted by Gasteiger charge is -2.27. The SMILES string of the molecule is CCc1cccc([C@H](Oc2ccc3c(cnn3-c3ccc(F)cc3)c2)[C@H](C)NC(=O)C(F)(F)F)c1. The summed E-state index contributed by atoms with van der Waals surface area (Å²) in [5.74, 6) is -1.98. The van der Waals surface area contributed by atoms with Crippen LogP contribution < -0.4 is 10.1 Å². The quantitative estimate of drug-likeness (QED) is 0.331. The van der Waals surface area contributed by atoms with E-state index in [9.17, 15) is 22.4 Å². The molecule has 9 heteroatoms. The first-order chi connectivity index (χ1) is 16.7. The highest BCUT2D eigenvalue weighted by molar-refractivity contribution is 5.82. The Morgan fingerprint density at radius 2 is 1.83 bits per heavy atom. The average molecular weight is 485 g/mol. The molecular weight excluding hydrogens is 462 g/mol. The standard InChI is InChI=1S/C26H23F4N3O2/c1-3-17-5-4-6-18(13-17)24(16(2)32-25(34)26(28,29)30)35-22-11-12-23-19(14-22)15-31-33(23)21-9-7-20(27)8-10-21/h4-16,24H,3H2,1-2H3,(H,32,34)/t16-,24+/m0/s1. The first kappa shape index (κ1) is 24.3. The molecule has 0 saturated carbocycles. The van der Waals surface area contributed by atoms with Crippen LogP contribution in [0.2, 0.25) is 0 Å². The first-order valence-electron chi connectivity index (χ1n) is 11.0. The number of alkyl halides is 3. The number of aryl methyl sites for hydroxylation is 1. The third-order valence-corrected chi connectivity index (χ3v) is 5.63. The number of amides is 1. The molecule has 0 spiro atoms. The van der Waals surface area contributed by atoms with Crippen LogP contribution in [0.3, 0.4) is 0 Å². The summed E-state index contributed by atoms with van der Waals surface area (Å²) in [4.78, 5) is 11.6. The van der Waals surface area contributed by atoms with Gasteiger partial charge in [-0.05, 0) is 66.9 Å². The number of hydrogen-bond donors (Lipinski definition) is 1. The van der Waals surface area contributed by atoms with E-state index < -0.39 is 24.2 Å². The number of ether oxygens (including phenoxy) is 1. The maximum atomic E-state index is 13.3. The van der Waals surface area contributed by atoms with Crippen LogP contribution >= 0.6 is 0 Å². The van der Waals surface area contributed by atoms with E-state index in [1.54, 1.807) is 53.3 Å². The number of fused-ring (bicyclic) bond motifs is 1. The topological polar surface area (TPSA) is 56.1 Å². The minimum absolute atomic E-state index is 0.356. The van der Waals surface area contributed by atoms with Crippen molar-refractivity contribution in [3.05, 3.63) is 89.9 Å². The highest BCUT2D eigenvalue weighted by Gasteiger charge is 2.40. The Bertz CT molecular complexity index is 1330. The maximum Gasteiger partial charge on any atom is 0.471 e.